The van der Waals surface area contributed by atoms with E-state index < -0.39 is 0 Å². The van der Waals surface area contributed by atoms with E-state index in [0.29, 0.717) is 34.3 Å². The van der Waals surface area contributed by atoms with E-state index in [-0.39, 0.29) is 11.7 Å². The molecule has 0 fully saturated rings. The van der Waals surface area contributed by atoms with E-state index >= 15 is 0 Å². The van der Waals surface area contributed by atoms with Crippen molar-refractivity contribution in [1.82, 2.24) is 10.3 Å². The number of amides is 1. The van der Waals surface area contributed by atoms with Gasteiger partial charge in [-0.2, -0.15) is 5.26 Å². The van der Waals surface area contributed by atoms with Crippen LogP contribution in [0.5, 0.6) is 0 Å². The van der Waals surface area contributed by atoms with Gasteiger partial charge in [0.1, 0.15) is 5.82 Å². The molecule has 2 aromatic carbocycles. The highest BCUT2D eigenvalue weighted by Gasteiger charge is 2.12. The third kappa shape index (κ3) is 3.23. The molecule has 1 N–H and O–H groups in total. The van der Waals surface area contributed by atoms with Crippen molar-refractivity contribution in [1.29, 1.82) is 5.26 Å². The summed E-state index contributed by atoms with van der Waals surface area (Å²) in [5.41, 5.74) is 3.03. The van der Waals surface area contributed by atoms with Crippen molar-refractivity contribution in [3.8, 4) is 6.07 Å². The molecule has 0 saturated heterocycles. The summed E-state index contributed by atoms with van der Waals surface area (Å²) in [6.45, 7) is 2.11. The van der Waals surface area contributed by atoms with Gasteiger partial charge in [-0.05, 0) is 42.8 Å². The van der Waals surface area contributed by atoms with Crippen LogP contribution in [0.3, 0.4) is 0 Å². The molecule has 0 aliphatic carbocycles. The van der Waals surface area contributed by atoms with Crippen LogP contribution in [0.15, 0.2) is 48.5 Å². The number of aryl methyl sites for hydroxylation is 1. The number of nitriles is 1. The van der Waals surface area contributed by atoms with E-state index in [1.54, 1.807) is 43.3 Å². The average molecular weight is 319 g/mol. The number of pyridine rings is 1. The van der Waals surface area contributed by atoms with Crippen molar-refractivity contribution >= 4 is 16.8 Å². The summed E-state index contributed by atoms with van der Waals surface area (Å²) in [5.74, 6) is -0.633. The molecule has 3 rings (SSSR count). The number of carbonyl (C=O) groups excluding carboxylic acids is 1. The normalized spacial score (nSPS) is 10.4. The number of nitrogens with one attached hydrogen (secondary N) is 1. The van der Waals surface area contributed by atoms with Gasteiger partial charge in [-0.25, -0.2) is 4.39 Å². The molecule has 0 atom stereocenters. The maximum Gasteiger partial charge on any atom is 0.252 e. The molecule has 0 radical (unpaired) electrons. The minimum atomic E-state index is -0.385. The number of hydrogen-bond donors (Lipinski definition) is 1. The van der Waals surface area contributed by atoms with Crippen LogP contribution in [0.2, 0.25) is 0 Å². The van der Waals surface area contributed by atoms with Crippen molar-refractivity contribution in [3.63, 3.8) is 0 Å². The van der Waals surface area contributed by atoms with Crippen molar-refractivity contribution < 1.29 is 9.18 Å². The quantitative estimate of drug-likeness (QED) is 0.803. The molecule has 0 saturated carbocycles. The van der Waals surface area contributed by atoms with E-state index in [0.717, 1.165) is 5.56 Å². The molecule has 0 bridgehead atoms. The molecule has 3 aromatic rings. The lowest BCUT2D eigenvalue weighted by Crippen LogP contribution is -2.23. The topological polar surface area (TPSA) is 65.8 Å². The van der Waals surface area contributed by atoms with Crippen molar-refractivity contribution in [2.45, 2.75) is 13.5 Å². The summed E-state index contributed by atoms with van der Waals surface area (Å²) in [5, 5.41) is 12.2. The molecule has 0 spiro atoms. The van der Waals surface area contributed by atoms with Gasteiger partial charge in [0.15, 0.2) is 0 Å². The lowest BCUT2D eigenvalue weighted by molar-refractivity contribution is 0.0952. The lowest BCUT2D eigenvalue weighted by Gasteiger charge is -2.09. The van der Waals surface area contributed by atoms with E-state index in [1.807, 2.05) is 0 Å². The van der Waals surface area contributed by atoms with Crippen molar-refractivity contribution in [2.75, 3.05) is 0 Å². The Hall–Kier alpha value is -3.26. The predicted molar refractivity (Wildman–Crippen MR) is 88.8 cm³/mol. The molecule has 4 nitrogen and oxygen atoms in total. The standard InChI is InChI=1S/C19H14FN3O/c1-12-8-17(16-7-6-15(20)9-18(16)23-12)19(24)22-11-14-4-2-13(10-21)3-5-14/h2-9H,11H2,1H3,(H,22,24). The molecule has 1 amide bonds. The molecule has 1 aromatic heterocycles. The summed E-state index contributed by atoms with van der Waals surface area (Å²) in [6, 6.07) is 14.9. The molecular weight excluding hydrogens is 305 g/mol. The Morgan fingerprint density at radius 1 is 1.21 bits per heavy atom. The minimum Gasteiger partial charge on any atom is -0.348 e. The van der Waals surface area contributed by atoms with Crippen LogP contribution in [0.1, 0.15) is 27.2 Å². The van der Waals surface area contributed by atoms with E-state index in [4.69, 9.17) is 5.26 Å². The summed E-state index contributed by atoms with van der Waals surface area (Å²) in [7, 11) is 0. The molecule has 0 aliphatic rings. The molecule has 0 unspecified atom stereocenters. The first-order valence-corrected chi connectivity index (χ1v) is 7.41. The number of benzene rings is 2. The molecule has 0 aliphatic heterocycles. The Morgan fingerprint density at radius 2 is 1.96 bits per heavy atom. The summed E-state index contributed by atoms with van der Waals surface area (Å²) in [4.78, 5) is 16.8. The Kier molecular flexibility index (Phi) is 4.21. The van der Waals surface area contributed by atoms with Crippen LogP contribution < -0.4 is 5.32 Å². The first-order chi connectivity index (χ1) is 11.6. The van der Waals surface area contributed by atoms with Gasteiger partial charge in [0.05, 0.1) is 22.7 Å². The smallest absolute Gasteiger partial charge is 0.252 e. The minimum absolute atomic E-state index is 0.249. The second-order valence-corrected chi connectivity index (χ2v) is 5.46. The number of nitrogens with zero attached hydrogens (tertiary/aromatic N) is 2. The Bertz CT molecular complexity index is 953. The summed E-state index contributed by atoms with van der Waals surface area (Å²) < 4.78 is 13.4. The monoisotopic (exact) mass is 319 g/mol. The number of rotatable bonds is 3. The van der Waals surface area contributed by atoms with Gasteiger partial charge in [-0.15, -0.1) is 0 Å². The number of carbonyl (C=O) groups is 1. The first kappa shape index (κ1) is 15.6. The molecule has 5 heteroatoms. The van der Waals surface area contributed by atoms with Gasteiger partial charge < -0.3 is 5.32 Å². The number of aromatic nitrogens is 1. The van der Waals surface area contributed by atoms with Crippen LogP contribution in [-0.2, 0) is 6.54 Å². The van der Waals surface area contributed by atoms with Gasteiger partial charge in [0.2, 0.25) is 0 Å². The SMILES string of the molecule is Cc1cc(C(=O)NCc2ccc(C#N)cc2)c2ccc(F)cc2n1. The largest absolute Gasteiger partial charge is 0.348 e. The molecule has 118 valence electrons. The fraction of sp³-hybridized carbons (Fsp3) is 0.105. The third-order valence-corrected chi connectivity index (χ3v) is 3.68. The zero-order valence-corrected chi connectivity index (χ0v) is 13.0. The molecule has 1 heterocycles. The number of hydrogen-bond acceptors (Lipinski definition) is 3. The van der Waals surface area contributed by atoms with Crippen LogP contribution in [-0.4, -0.2) is 10.9 Å². The first-order valence-electron chi connectivity index (χ1n) is 7.41. The summed E-state index contributed by atoms with van der Waals surface area (Å²) in [6.07, 6.45) is 0. The number of halogens is 1. The van der Waals surface area contributed by atoms with Crippen LogP contribution in [0, 0.1) is 24.1 Å². The van der Waals surface area contributed by atoms with E-state index in [9.17, 15) is 9.18 Å². The number of fused-ring (bicyclic) bond motifs is 1. The van der Waals surface area contributed by atoms with Gasteiger partial charge in [-0.3, -0.25) is 9.78 Å². The maximum absolute atomic E-state index is 13.4. The highest BCUT2D eigenvalue weighted by Crippen LogP contribution is 2.19. The summed E-state index contributed by atoms with van der Waals surface area (Å²) >= 11 is 0. The molecule has 24 heavy (non-hydrogen) atoms. The van der Waals surface area contributed by atoms with Crippen molar-refractivity contribution in [3.05, 3.63) is 76.7 Å². The van der Waals surface area contributed by atoms with Gasteiger partial charge in [0, 0.05) is 23.7 Å². The van der Waals surface area contributed by atoms with Crippen LogP contribution >= 0.6 is 0 Å². The van der Waals surface area contributed by atoms with Gasteiger partial charge >= 0.3 is 0 Å². The van der Waals surface area contributed by atoms with Gasteiger partial charge in [-0.1, -0.05) is 12.1 Å². The fourth-order valence-corrected chi connectivity index (χ4v) is 2.50. The zero-order valence-electron chi connectivity index (χ0n) is 13.0. The van der Waals surface area contributed by atoms with E-state index in [2.05, 4.69) is 16.4 Å². The van der Waals surface area contributed by atoms with Crippen LogP contribution in [0.4, 0.5) is 4.39 Å². The zero-order chi connectivity index (χ0) is 17.1. The second-order valence-electron chi connectivity index (χ2n) is 5.46. The second kappa shape index (κ2) is 6.47. The predicted octanol–water partition coefficient (Wildman–Crippen LogP) is 3.48. The third-order valence-electron chi connectivity index (χ3n) is 3.68. The lowest BCUT2D eigenvalue weighted by atomic mass is 10.1. The molecular formula is C19H14FN3O. The van der Waals surface area contributed by atoms with Crippen molar-refractivity contribution in [2.24, 2.45) is 0 Å². The maximum atomic E-state index is 13.4. The van der Waals surface area contributed by atoms with Crippen LogP contribution in [0.25, 0.3) is 10.9 Å². The van der Waals surface area contributed by atoms with E-state index in [1.165, 1.54) is 12.1 Å². The average Bonchev–Trinajstić information content (AvgIpc) is 2.59. The Labute approximate surface area is 138 Å². The van der Waals surface area contributed by atoms with Gasteiger partial charge in [0.25, 0.3) is 5.91 Å². The highest BCUT2D eigenvalue weighted by atomic mass is 19.1. The highest BCUT2D eigenvalue weighted by molar-refractivity contribution is 6.06. The Morgan fingerprint density at radius 3 is 2.67 bits per heavy atom. The Balaban J connectivity index is 1.84. The fourth-order valence-electron chi connectivity index (χ4n) is 2.50.